The molecular formula is C11H24N2O3. The van der Waals surface area contributed by atoms with Crippen LogP contribution in [-0.2, 0) is 4.79 Å². The van der Waals surface area contributed by atoms with Gasteiger partial charge in [0.25, 0.3) is 0 Å². The maximum Gasteiger partial charge on any atom is 0.234 e. The molecule has 0 radical (unpaired) electrons. The summed E-state index contributed by atoms with van der Waals surface area (Å²) in [5.41, 5.74) is -0.800. The highest BCUT2D eigenvalue weighted by Crippen LogP contribution is 2.00. The largest absolute Gasteiger partial charge is 0.394 e. The lowest BCUT2D eigenvalue weighted by atomic mass is 10.1. The van der Waals surface area contributed by atoms with Gasteiger partial charge in [0.2, 0.25) is 5.91 Å². The summed E-state index contributed by atoms with van der Waals surface area (Å²) < 4.78 is 0. The molecular weight excluding hydrogens is 208 g/mol. The summed E-state index contributed by atoms with van der Waals surface area (Å²) in [6.07, 6.45) is 1.80. The summed E-state index contributed by atoms with van der Waals surface area (Å²) in [7, 11) is 0. The number of carbonyl (C=O) groups excluding carboxylic acids is 1. The zero-order valence-corrected chi connectivity index (χ0v) is 10.4. The highest BCUT2D eigenvalue weighted by Gasteiger charge is 2.22. The predicted octanol–water partition coefficient (Wildman–Crippen LogP) is -0.376. The Morgan fingerprint density at radius 3 is 2.12 bits per heavy atom. The smallest absolute Gasteiger partial charge is 0.234 e. The Labute approximate surface area is 97.2 Å². The average Bonchev–Trinajstić information content (AvgIpc) is 2.33. The summed E-state index contributed by atoms with van der Waals surface area (Å²) in [6, 6.07) is 0.198. The van der Waals surface area contributed by atoms with E-state index in [9.17, 15) is 4.79 Å². The van der Waals surface area contributed by atoms with Gasteiger partial charge in [-0.15, -0.1) is 0 Å². The molecule has 0 aliphatic rings. The molecule has 0 aliphatic heterocycles. The van der Waals surface area contributed by atoms with Crippen molar-refractivity contribution in [3.05, 3.63) is 0 Å². The molecule has 0 saturated heterocycles. The second-order valence-corrected chi connectivity index (χ2v) is 4.31. The Morgan fingerprint density at radius 2 is 1.75 bits per heavy atom. The van der Waals surface area contributed by atoms with E-state index >= 15 is 0 Å². The lowest BCUT2D eigenvalue weighted by Crippen LogP contribution is -2.53. The Morgan fingerprint density at radius 1 is 1.25 bits per heavy atom. The monoisotopic (exact) mass is 232 g/mol. The predicted molar refractivity (Wildman–Crippen MR) is 63.1 cm³/mol. The topological polar surface area (TPSA) is 81.6 Å². The molecule has 0 rings (SSSR count). The Kier molecular flexibility index (Phi) is 7.29. The molecule has 5 heteroatoms. The molecule has 0 saturated carbocycles. The summed E-state index contributed by atoms with van der Waals surface area (Å²) in [4.78, 5) is 11.5. The molecule has 16 heavy (non-hydrogen) atoms. The van der Waals surface area contributed by atoms with Gasteiger partial charge in [-0.25, -0.2) is 0 Å². The standard InChI is InChI=1S/C11H24N2O3/c1-4-9(5-2)13-10(16)6-12-11(3,7-14)8-15/h9,12,14-15H,4-8H2,1-3H3,(H,13,16). The van der Waals surface area contributed by atoms with Crippen LogP contribution in [0.4, 0.5) is 0 Å². The van der Waals surface area contributed by atoms with E-state index < -0.39 is 5.54 Å². The first kappa shape index (κ1) is 15.3. The van der Waals surface area contributed by atoms with Crippen LogP contribution in [0.15, 0.2) is 0 Å². The van der Waals surface area contributed by atoms with Crippen LogP contribution in [0.5, 0.6) is 0 Å². The van der Waals surface area contributed by atoms with Crippen molar-refractivity contribution >= 4 is 5.91 Å². The van der Waals surface area contributed by atoms with Crippen molar-refractivity contribution in [3.8, 4) is 0 Å². The number of hydrogen-bond donors (Lipinski definition) is 4. The quantitative estimate of drug-likeness (QED) is 0.460. The Bertz CT molecular complexity index is 201. The number of hydrogen-bond acceptors (Lipinski definition) is 4. The van der Waals surface area contributed by atoms with Crippen LogP contribution in [-0.4, -0.2) is 47.5 Å². The summed E-state index contributed by atoms with van der Waals surface area (Å²) >= 11 is 0. The minimum absolute atomic E-state index is 0.105. The number of aliphatic hydroxyl groups is 2. The van der Waals surface area contributed by atoms with Gasteiger partial charge in [-0.2, -0.15) is 0 Å². The fourth-order valence-corrected chi connectivity index (χ4v) is 1.23. The zero-order chi connectivity index (χ0) is 12.6. The molecule has 4 N–H and O–H groups in total. The van der Waals surface area contributed by atoms with Gasteiger partial charge in [0.1, 0.15) is 0 Å². The Hall–Kier alpha value is -0.650. The molecule has 0 aromatic carbocycles. The average molecular weight is 232 g/mol. The van der Waals surface area contributed by atoms with Gasteiger partial charge in [-0.1, -0.05) is 13.8 Å². The van der Waals surface area contributed by atoms with Gasteiger partial charge in [0.05, 0.1) is 25.3 Å². The lowest BCUT2D eigenvalue weighted by molar-refractivity contribution is -0.121. The molecule has 5 nitrogen and oxygen atoms in total. The van der Waals surface area contributed by atoms with Gasteiger partial charge in [0.15, 0.2) is 0 Å². The third-order valence-electron chi connectivity index (χ3n) is 2.72. The maximum absolute atomic E-state index is 11.5. The second-order valence-electron chi connectivity index (χ2n) is 4.31. The van der Waals surface area contributed by atoms with Crippen LogP contribution >= 0.6 is 0 Å². The number of nitrogens with one attached hydrogen (secondary N) is 2. The molecule has 0 bridgehead atoms. The highest BCUT2D eigenvalue weighted by atomic mass is 16.3. The van der Waals surface area contributed by atoms with E-state index in [1.165, 1.54) is 0 Å². The molecule has 0 aromatic heterocycles. The molecule has 96 valence electrons. The molecule has 0 heterocycles. The van der Waals surface area contributed by atoms with E-state index in [1.807, 2.05) is 13.8 Å². The van der Waals surface area contributed by atoms with Crippen LogP contribution in [0.3, 0.4) is 0 Å². The molecule has 0 aliphatic carbocycles. The van der Waals surface area contributed by atoms with Crippen LogP contribution in [0, 0.1) is 0 Å². The minimum atomic E-state index is -0.800. The molecule has 0 spiro atoms. The van der Waals surface area contributed by atoms with Gasteiger partial charge in [-0.3, -0.25) is 10.1 Å². The molecule has 0 aromatic rings. The number of aliphatic hydroxyl groups excluding tert-OH is 2. The van der Waals surface area contributed by atoms with Crippen molar-refractivity contribution in [2.24, 2.45) is 0 Å². The second kappa shape index (κ2) is 7.60. The van der Waals surface area contributed by atoms with Crippen molar-refractivity contribution in [2.45, 2.75) is 45.2 Å². The highest BCUT2D eigenvalue weighted by molar-refractivity contribution is 5.78. The van der Waals surface area contributed by atoms with E-state index in [4.69, 9.17) is 10.2 Å². The van der Waals surface area contributed by atoms with E-state index in [1.54, 1.807) is 6.92 Å². The summed E-state index contributed by atoms with van der Waals surface area (Å²) in [5.74, 6) is -0.109. The van der Waals surface area contributed by atoms with Gasteiger partial charge in [-0.05, 0) is 19.8 Å². The molecule has 0 unspecified atom stereocenters. The van der Waals surface area contributed by atoms with Crippen LogP contribution in [0.1, 0.15) is 33.6 Å². The van der Waals surface area contributed by atoms with Crippen LogP contribution in [0.2, 0.25) is 0 Å². The number of rotatable bonds is 8. The fourth-order valence-electron chi connectivity index (χ4n) is 1.23. The van der Waals surface area contributed by atoms with Crippen molar-refractivity contribution in [3.63, 3.8) is 0 Å². The molecule has 0 fully saturated rings. The SMILES string of the molecule is CCC(CC)NC(=O)CNC(C)(CO)CO. The summed E-state index contributed by atoms with van der Waals surface area (Å²) in [6.45, 7) is 5.40. The first-order valence-corrected chi connectivity index (χ1v) is 5.77. The fraction of sp³-hybridized carbons (Fsp3) is 0.909. The van der Waals surface area contributed by atoms with E-state index in [2.05, 4.69) is 10.6 Å². The normalized spacial score (nSPS) is 11.9. The van der Waals surface area contributed by atoms with Gasteiger partial charge < -0.3 is 15.5 Å². The van der Waals surface area contributed by atoms with Gasteiger partial charge >= 0.3 is 0 Å². The zero-order valence-electron chi connectivity index (χ0n) is 10.4. The third kappa shape index (κ3) is 5.44. The maximum atomic E-state index is 11.5. The number of carbonyl (C=O) groups is 1. The van der Waals surface area contributed by atoms with E-state index in [0.717, 1.165) is 12.8 Å². The summed E-state index contributed by atoms with van der Waals surface area (Å²) in [5, 5.41) is 23.7. The van der Waals surface area contributed by atoms with Crippen molar-refractivity contribution in [2.75, 3.05) is 19.8 Å². The van der Waals surface area contributed by atoms with E-state index in [0.29, 0.717) is 0 Å². The third-order valence-corrected chi connectivity index (χ3v) is 2.72. The van der Waals surface area contributed by atoms with Crippen molar-refractivity contribution in [1.29, 1.82) is 0 Å². The lowest BCUT2D eigenvalue weighted by Gasteiger charge is -2.26. The van der Waals surface area contributed by atoms with Crippen molar-refractivity contribution < 1.29 is 15.0 Å². The van der Waals surface area contributed by atoms with Crippen LogP contribution in [0.25, 0.3) is 0 Å². The van der Waals surface area contributed by atoms with Crippen molar-refractivity contribution in [1.82, 2.24) is 10.6 Å². The molecule has 1 amide bonds. The Balaban J connectivity index is 3.97. The molecule has 0 atom stereocenters. The van der Waals surface area contributed by atoms with E-state index in [-0.39, 0.29) is 31.7 Å². The number of amides is 1. The first-order chi connectivity index (χ1) is 7.51. The van der Waals surface area contributed by atoms with Gasteiger partial charge in [0, 0.05) is 6.04 Å². The van der Waals surface area contributed by atoms with Crippen LogP contribution < -0.4 is 10.6 Å². The minimum Gasteiger partial charge on any atom is -0.394 e. The first-order valence-electron chi connectivity index (χ1n) is 5.77.